The van der Waals surface area contributed by atoms with Crippen LogP contribution in [0, 0.1) is 0 Å². The lowest BCUT2D eigenvalue weighted by Crippen LogP contribution is -2.41. The van der Waals surface area contributed by atoms with Gasteiger partial charge in [-0.05, 0) is 0 Å². The molecule has 58 valence electrons. The summed E-state index contributed by atoms with van der Waals surface area (Å²) in [6.07, 6.45) is 5.82. The Labute approximate surface area is 73.6 Å². The molecule has 0 bridgehead atoms. The van der Waals surface area contributed by atoms with Crippen LogP contribution < -0.4 is 10.0 Å². The van der Waals surface area contributed by atoms with E-state index in [0.717, 1.165) is 0 Å². The standard InChI is InChI=1S/C5H4N6S/c12-5(10-3-6-1-8-10)11-4-7-2-9-11/h1-4H/q+2. The van der Waals surface area contributed by atoms with E-state index >= 15 is 0 Å². The molecule has 2 radical (unpaired) electrons. The number of hydrogen-bond acceptors (Lipinski definition) is 5. The molecule has 2 heterocycles. The van der Waals surface area contributed by atoms with Crippen LogP contribution in [0.2, 0.25) is 0 Å². The van der Waals surface area contributed by atoms with Gasteiger partial charge in [-0.15, -0.1) is 0 Å². The molecule has 0 amide bonds. The third-order valence-electron chi connectivity index (χ3n) is 1.23. The topological polar surface area (TPSA) is 61.2 Å². The van der Waals surface area contributed by atoms with E-state index in [1.54, 1.807) is 0 Å². The molecule has 0 N–H and O–H groups in total. The van der Waals surface area contributed by atoms with Crippen LogP contribution >= 0.6 is 12.2 Å². The first-order chi connectivity index (χ1) is 5.88. The van der Waals surface area contributed by atoms with Crippen LogP contribution in [0.25, 0.3) is 0 Å². The molecule has 2 aliphatic rings. The van der Waals surface area contributed by atoms with Crippen LogP contribution in [0.1, 0.15) is 0 Å². The van der Waals surface area contributed by atoms with Crippen molar-refractivity contribution in [1.82, 2.24) is 10.0 Å². The zero-order valence-corrected chi connectivity index (χ0v) is 6.72. The molecule has 0 aromatic heterocycles. The molecule has 0 aromatic rings. The third-order valence-corrected chi connectivity index (χ3v) is 1.60. The number of nitrogens with zero attached hydrogens (tertiary/aromatic N) is 6. The molecule has 2 aliphatic heterocycles. The number of rotatable bonds is 0. The smallest absolute Gasteiger partial charge is 0.178 e. The number of hydrogen-bond donors (Lipinski definition) is 0. The molecule has 0 unspecified atom stereocenters. The van der Waals surface area contributed by atoms with Gasteiger partial charge in [0.25, 0.3) is 12.7 Å². The van der Waals surface area contributed by atoms with Gasteiger partial charge in [0.05, 0.1) is 12.2 Å². The lowest BCUT2D eigenvalue weighted by molar-refractivity contribution is 0.768. The van der Waals surface area contributed by atoms with Crippen molar-refractivity contribution in [3.63, 3.8) is 0 Å². The van der Waals surface area contributed by atoms with Crippen molar-refractivity contribution < 1.29 is 0 Å². The van der Waals surface area contributed by atoms with E-state index in [-0.39, 0.29) is 0 Å². The summed E-state index contributed by atoms with van der Waals surface area (Å²) in [6, 6.07) is 0. The third kappa shape index (κ3) is 1.20. The normalized spacial score (nSPS) is 21.3. The first-order valence-electron chi connectivity index (χ1n) is 3.12. The average molecular weight is 180 g/mol. The summed E-state index contributed by atoms with van der Waals surface area (Å²) in [4.78, 5) is 7.51. The highest BCUT2D eigenvalue weighted by Gasteiger charge is 2.41. The van der Waals surface area contributed by atoms with Crippen LogP contribution in [0.4, 0.5) is 0 Å². The first kappa shape index (κ1) is 7.35. The molecule has 0 fully saturated rings. The van der Waals surface area contributed by atoms with Crippen molar-refractivity contribution in [3.8, 4) is 0 Å². The summed E-state index contributed by atoms with van der Waals surface area (Å²) in [5.74, 6) is 0. The van der Waals surface area contributed by atoms with Gasteiger partial charge in [-0.1, -0.05) is 0 Å². The van der Waals surface area contributed by atoms with Crippen molar-refractivity contribution >= 4 is 42.7 Å². The minimum absolute atomic E-state index is 0.421. The van der Waals surface area contributed by atoms with Gasteiger partial charge in [-0.3, -0.25) is 0 Å². The highest BCUT2D eigenvalue weighted by atomic mass is 32.1. The van der Waals surface area contributed by atoms with Gasteiger partial charge < -0.3 is 0 Å². The Hall–Kier alpha value is -1.31. The largest absolute Gasteiger partial charge is 0.536 e. The maximum Gasteiger partial charge on any atom is 0.536 e. The van der Waals surface area contributed by atoms with Gasteiger partial charge in [0.1, 0.15) is 10.0 Å². The Kier molecular flexibility index (Phi) is 1.82. The second kappa shape index (κ2) is 2.97. The van der Waals surface area contributed by atoms with Crippen molar-refractivity contribution in [3.05, 3.63) is 0 Å². The molecule has 0 aromatic carbocycles. The van der Waals surface area contributed by atoms with Gasteiger partial charge in [-0.25, -0.2) is 0 Å². The molecular formula is C5H4N6S+2. The summed E-state index contributed by atoms with van der Waals surface area (Å²) in [5.41, 5.74) is 0. The van der Waals surface area contributed by atoms with Gasteiger partial charge in [-0.2, -0.15) is 9.98 Å². The highest BCUT2D eigenvalue weighted by Crippen LogP contribution is 1.96. The van der Waals surface area contributed by atoms with Gasteiger partial charge >= 0.3 is 5.11 Å². The Morgan fingerprint density at radius 2 is 1.50 bits per heavy atom. The molecule has 0 spiro atoms. The fourth-order valence-corrected chi connectivity index (χ4v) is 0.908. The zero-order valence-electron chi connectivity index (χ0n) is 5.90. The fourth-order valence-electron chi connectivity index (χ4n) is 0.719. The Balaban J connectivity index is 2.09. The van der Waals surface area contributed by atoms with E-state index in [2.05, 4.69) is 20.2 Å². The Bertz CT molecular complexity index is 262. The monoisotopic (exact) mass is 180 g/mol. The van der Waals surface area contributed by atoms with E-state index < -0.39 is 0 Å². The molecule has 12 heavy (non-hydrogen) atoms. The highest BCUT2D eigenvalue weighted by molar-refractivity contribution is 7.80. The van der Waals surface area contributed by atoms with Crippen molar-refractivity contribution in [1.29, 1.82) is 0 Å². The molecule has 0 aliphatic carbocycles. The van der Waals surface area contributed by atoms with Crippen molar-refractivity contribution in [2.75, 3.05) is 0 Å². The van der Waals surface area contributed by atoms with E-state index in [1.807, 2.05) is 0 Å². The van der Waals surface area contributed by atoms with Gasteiger partial charge in [0.15, 0.2) is 12.7 Å². The predicted molar refractivity (Wildman–Crippen MR) is 50.8 cm³/mol. The molecule has 0 saturated heterocycles. The number of aliphatic imine (C=N–C) groups is 2. The Morgan fingerprint density at radius 1 is 1.00 bits per heavy atom. The van der Waals surface area contributed by atoms with E-state index in [4.69, 9.17) is 12.2 Å². The first-order valence-corrected chi connectivity index (χ1v) is 3.53. The van der Waals surface area contributed by atoms with Crippen LogP contribution in [0.3, 0.4) is 0 Å². The minimum Gasteiger partial charge on any atom is -0.178 e. The quantitative estimate of drug-likeness (QED) is 0.367. The van der Waals surface area contributed by atoms with Crippen molar-refractivity contribution in [2.24, 2.45) is 20.2 Å². The Morgan fingerprint density at radius 3 is 1.83 bits per heavy atom. The molecule has 0 saturated carbocycles. The molecule has 2 rings (SSSR count). The van der Waals surface area contributed by atoms with Crippen LogP contribution in [-0.4, -0.2) is 30.5 Å². The second-order valence-electron chi connectivity index (χ2n) is 1.96. The molecule has 7 heteroatoms. The number of hydrazone groups is 2. The molecular weight excluding hydrogens is 176 g/mol. The van der Waals surface area contributed by atoms with Crippen LogP contribution in [-0.2, 0) is 0 Å². The average Bonchev–Trinajstić information content (AvgIpc) is 2.77. The lowest BCUT2D eigenvalue weighted by atomic mass is 10.9. The molecule has 0 atom stereocenters. The van der Waals surface area contributed by atoms with E-state index in [1.165, 1.54) is 35.4 Å². The summed E-state index contributed by atoms with van der Waals surface area (Å²) >= 11 is 5.02. The van der Waals surface area contributed by atoms with Crippen molar-refractivity contribution in [2.45, 2.75) is 0 Å². The molecule has 6 nitrogen and oxygen atoms in total. The zero-order chi connectivity index (χ0) is 8.39. The van der Waals surface area contributed by atoms with Gasteiger partial charge in [0, 0.05) is 10.2 Å². The summed E-state index contributed by atoms with van der Waals surface area (Å²) in [5, 5.41) is 11.0. The predicted octanol–water partition coefficient (Wildman–Crippen LogP) is -0.478. The maximum absolute atomic E-state index is 5.02. The summed E-state index contributed by atoms with van der Waals surface area (Å²) in [7, 11) is 0. The van der Waals surface area contributed by atoms with Gasteiger partial charge in [0.2, 0.25) is 0 Å². The second-order valence-corrected chi connectivity index (χ2v) is 2.33. The summed E-state index contributed by atoms with van der Waals surface area (Å²) in [6.45, 7) is 0. The fraction of sp³-hybridized carbons (Fsp3) is 0. The SMILES string of the molecule is S=C([N+]1C=NC=N1)[N+]1C=NC=N1. The summed E-state index contributed by atoms with van der Waals surface area (Å²) < 4.78 is 0. The minimum atomic E-state index is 0.421. The van der Waals surface area contributed by atoms with E-state index in [0.29, 0.717) is 5.11 Å². The maximum atomic E-state index is 5.02. The van der Waals surface area contributed by atoms with E-state index in [9.17, 15) is 0 Å². The lowest BCUT2D eigenvalue weighted by Gasteiger charge is -1.88. The van der Waals surface area contributed by atoms with Crippen LogP contribution in [0.5, 0.6) is 0 Å². The number of thiocarbonyl (C=S) groups is 1. The van der Waals surface area contributed by atoms with Crippen LogP contribution in [0.15, 0.2) is 20.2 Å².